The number of carboxylic acids is 1. The van der Waals surface area contributed by atoms with Crippen molar-refractivity contribution in [1.82, 2.24) is 10.6 Å². The van der Waals surface area contributed by atoms with E-state index >= 15 is 0 Å². The van der Waals surface area contributed by atoms with Crippen LogP contribution in [-0.2, 0) is 20.8 Å². The highest BCUT2D eigenvalue weighted by atomic mass is 35.5. The number of aliphatic carboxylic acids is 1. The third-order valence-electron chi connectivity index (χ3n) is 4.82. The Kier molecular flexibility index (Phi) is 9.15. The highest BCUT2D eigenvalue weighted by Crippen LogP contribution is 2.33. The lowest BCUT2D eigenvalue weighted by Crippen LogP contribution is -2.51. The number of hydrogen-bond donors (Lipinski definition) is 4. The predicted molar refractivity (Wildman–Crippen MR) is 122 cm³/mol. The average Bonchev–Trinajstić information content (AvgIpc) is 2.73. The highest BCUT2D eigenvalue weighted by molar-refractivity contribution is 6.39. The Hall–Kier alpha value is -2.77. The van der Waals surface area contributed by atoms with Crippen LogP contribution in [0.25, 0.3) is 0 Å². The number of nitrogens with one attached hydrogen (secondary N) is 3. The molecule has 0 aliphatic heterocycles. The number of benzene rings is 2. The van der Waals surface area contributed by atoms with E-state index in [0.717, 1.165) is 0 Å². The smallest absolute Gasteiger partial charge is 0.322 e. The van der Waals surface area contributed by atoms with Gasteiger partial charge < -0.3 is 21.1 Å². The van der Waals surface area contributed by atoms with Gasteiger partial charge in [0.15, 0.2) is 0 Å². The lowest BCUT2D eigenvalue weighted by atomic mass is 9.97. The van der Waals surface area contributed by atoms with Crippen molar-refractivity contribution in [2.24, 2.45) is 5.92 Å². The summed E-state index contributed by atoms with van der Waals surface area (Å²) < 4.78 is 0. The summed E-state index contributed by atoms with van der Waals surface area (Å²) in [5.41, 5.74) is 1.87. The second-order valence-electron chi connectivity index (χ2n) is 7.10. The van der Waals surface area contributed by atoms with Crippen molar-refractivity contribution >= 4 is 52.4 Å². The molecule has 2 rings (SSSR count). The zero-order valence-corrected chi connectivity index (χ0v) is 18.8. The van der Waals surface area contributed by atoms with Gasteiger partial charge in [-0.05, 0) is 29.7 Å². The normalized spacial score (nSPS) is 12.5. The second-order valence-corrected chi connectivity index (χ2v) is 7.91. The van der Waals surface area contributed by atoms with Gasteiger partial charge in [0.25, 0.3) is 0 Å². The molecule has 0 spiro atoms. The maximum Gasteiger partial charge on any atom is 0.322 e. The summed E-state index contributed by atoms with van der Waals surface area (Å²) in [6.45, 7) is 3.20. The Morgan fingerprint density at radius 3 is 2.29 bits per heavy atom. The fourth-order valence-corrected chi connectivity index (χ4v) is 3.41. The average molecular weight is 466 g/mol. The van der Waals surface area contributed by atoms with E-state index in [2.05, 4.69) is 16.0 Å². The van der Waals surface area contributed by atoms with Gasteiger partial charge in [0, 0.05) is 5.69 Å². The summed E-state index contributed by atoms with van der Waals surface area (Å²) in [5.74, 6) is -2.22. The van der Waals surface area contributed by atoms with Gasteiger partial charge in [-0.25, -0.2) is 0 Å². The third kappa shape index (κ3) is 7.15. The minimum absolute atomic E-state index is 0.00436. The molecule has 31 heavy (non-hydrogen) atoms. The minimum Gasteiger partial charge on any atom is -0.480 e. The number of rotatable bonds is 10. The van der Waals surface area contributed by atoms with Gasteiger partial charge in [-0.2, -0.15) is 0 Å². The van der Waals surface area contributed by atoms with Crippen molar-refractivity contribution in [1.29, 1.82) is 0 Å². The van der Waals surface area contributed by atoms with Crippen LogP contribution in [-0.4, -0.2) is 35.5 Å². The van der Waals surface area contributed by atoms with Crippen LogP contribution in [0, 0.1) is 5.92 Å². The van der Waals surface area contributed by atoms with Crippen LogP contribution >= 0.6 is 23.2 Å². The fourth-order valence-electron chi connectivity index (χ4n) is 2.92. The molecule has 0 fully saturated rings. The zero-order valence-electron chi connectivity index (χ0n) is 17.2. The third-order valence-corrected chi connectivity index (χ3v) is 5.45. The van der Waals surface area contributed by atoms with Gasteiger partial charge in [0.05, 0.1) is 22.2 Å². The summed E-state index contributed by atoms with van der Waals surface area (Å²) >= 11 is 12.5. The van der Waals surface area contributed by atoms with Crippen molar-refractivity contribution in [3.05, 3.63) is 58.1 Å². The van der Waals surface area contributed by atoms with E-state index in [1.165, 1.54) is 0 Å². The van der Waals surface area contributed by atoms with Gasteiger partial charge in [0.2, 0.25) is 11.8 Å². The molecule has 2 aromatic rings. The monoisotopic (exact) mass is 465 g/mol. The van der Waals surface area contributed by atoms with Crippen molar-refractivity contribution in [3.63, 3.8) is 0 Å². The van der Waals surface area contributed by atoms with Crippen LogP contribution in [0.5, 0.6) is 0 Å². The molecule has 9 heteroatoms. The number of hydrogen-bond acceptors (Lipinski definition) is 4. The van der Waals surface area contributed by atoms with Gasteiger partial charge in [-0.3, -0.25) is 14.4 Å². The predicted octanol–water partition coefficient (Wildman–Crippen LogP) is 4.01. The molecule has 0 saturated carbocycles. The molecule has 1 unspecified atom stereocenters. The molecule has 0 aromatic heterocycles. The van der Waals surface area contributed by atoms with E-state index in [-0.39, 0.29) is 18.2 Å². The Bertz CT molecular complexity index is 932. The largest absolute Gasteiger partial charge is 0.480 e. The van der Waals surface area contributed by atoms with E-state index in [1.54, 1.807) is 36.4 Å². The zero-order chi connectivity index (χ0) is 23.0. The van der Waals surface area contributed by atoms with Gasteiger partial charge in [-0.15, -0.1) is 0 Å². The number of halogens is 2. The van der Waals surface area contributed by atoms with Crippen LogP contribution < -0.4 is 16.0 Å². The number of amides is 2. The number of anilines is 2. The molecule has 166 valence electrons. The van der Waals surface area contributed by atoms with E-state index < -0.39 is 24.5 Å². The standard InChI is InChI=1S/C22H25Cl2N3O4/c1-3-13(2)20(22(31)25-12-19(29)30)27-18(28)11-14-7-4-5-10-17(14)26-21-15(23)8-6-9-16(21)24/h4-10,13,20,26H,3,11-12H2,1-2H3,(H,25,31)(H,27,28)(H,29,30)/t13?,20-/m0/s1. The summed E-state index contributed by atoms with van der Waals surface area (Å²) in [6.07, 6.45) is 0.638. The minimum atomic E-state index is -1.15. The maximum atomic E-state index is 12.7. The quantitative estimate of drug-likeness (QED) is 0.423. The topological polar surface area (TPSA) is 108 Å². The van der Waals surface area contributed by atoms with Gasteiger partial charge in [0.1, 0.15) is 12.6 Å². The van der Waals surface area contributed by atoms with E-state index in [1.807, 2.05) is 19.9 Å². The van der Waals surface area contributed by atoms with Crippen LogP contribution in [0.3, 0.4) is 0 Å². The summed E-state index contributed by atoms with van der Waals surface area (Å²) in [5, 5.41) is 17.9. The maximum absolute atomic E-state index is 12.7. The molecular formula is C22H25Cl2N3O4. The molecule has 0 heterocycles. The van der Waals surface area contributed by atoms with Crippen LogP contribution in [0.1, 0.15) is 25.8 Å². The summed E-state index contributed by atoms with van der Waals surface area (Å²) in [7, 11) is 0. The van der Waals surface area contributed by atoms with Crippen LogP contribution in [0.15, 0.2) is 42.5 Å². The molecular weight excluding hydrogens is 441 g/mol. The first-order chi connectivity index (χ1) is 14.7. The van der Waals surface area contributed by atoms with Crippen molar-refractivity contribution in [2.45, 2.75) is 32.7 Å². The molecule has 0 aliphatic rings. The number of carbonyl (C=O) groups is 3. The Morgan fingerprint density at radius 2 is 1.68 bits per heavy atom. The van der Waals surface area contributed by atoms with Gasteiger partial charge >= 0.3 is 5.97 Å². The first-order valence-corrected chi connectivity index (χ1v) is 10.6. The number of para-hydroxylation sites is 2. The Balaban J connectivity index is 2.15. The Morgan fingerprint density at radius 1 is 1.03 bits per heavy atom. The molecule has 2 amide bonds. The number of carboxylic acid groups (broad SMARTS) is 1. The van der Waals surface area contributed by atoms with Crippen molar-refractivity contribution in [3.8, 4) is 0 Å². The summed E-state index contributed by atoms with van der Waals surface area (Å²) in [4.78, 5) is 35.9. The Labute approximate surface area is 191 Å². The van der Waals surface area contributed by atoms with Crippen LogP contribution in [0.4, 0.5) is 11.4 Å². The molecule has 0 aliphatic carbocycles. The molecule has 4 N–H and O–H groups in total. The SMILES string of the molecule is CCC(C)[C@H](NC(=O)Cc1ccccc1Nc1c(Cl)cccc1Cl)C(=O)NCC(=O)O. The molecule has 0 bridgehead atoms. The van der Waals surface area contributed by atoms with Crippen LogP contribution in [0.2, 0.25) is 10.0 Å². The van der Waals surface area contributed by atoms with Crippen molar-refractivity contribution in [2.75, 3.05) is 11.9 Å². The molecule has 2 aromatic carbocycles. The second kappa shape index (κ2) is 11.6. The first-order valence-electron chi connectivity index (χ1n) is 9.80. The molecule has 2 atom stereocenters. The summed E-state index contributed by atoms with van der Waals surface area (Å²) in [6, 6.07) is 11.5. The van der Waals surface area contributed by atoms with Gasteiger partial charge in [-0.1, -0.05) is 67.7 Å². The highest BCUT2D eigenvalue weighted by Gasteiger charge is 2.26. The fraction of sp³-hybridized carbons (Fsp3) is 0.318. The van der Waals surface area contributed by atoms with Crippen molar-refractivity contribution < 1.29 is 19.5 Å². The van der Waals surface area contributed by atoms with E-state index in [9.17, 15) is 14.4 Å². The lowest BCUT2D eigenvalue weighted by molar-refractivity contribution is -0.138. The number of carbonyl (C=O) groups excluding carboxylic acids is 2. The van der Waals surface area contributed by atoms with E-state index in [0.29, 0.717) is 33.4 Å². The lowest BCUT2D eigenvalue weighted by Gasteiger charge is -2.23. The first kappa shape index (κ1) is 24.5. The molecule has 0 radical (unpaired) electrons. The molecule has 0 saturated heterocycles. The van der Waals surface area contributed by atoms with E-state index in [4.69, 9.17) is 28.3 Å². The molecule has 7 nitrogen and oxygen atoms in total.